The van der Waals surface area contributed by atoms with Crippen LogP contribution in [0.2, 0.25) is 5.02 Å². The van der Waals surface area contributed by atoms with Crippen molar-refractivity contribution in [1.82, 2.24) is 5.32 Å². The van der Waals surface area contributed by atoms with Gasteiger partial charge in [-0.2, -0.15) is 0 Å². The number of carbonyl (C=O) groups is 1. The zero-order valence-corrected chi connectivity index (χ0v) is 12.7. The third-order valence-corrected chi connectivity index (χ3v) is 4.15. The summed E-state index contributed by atoms with van der Waals surface area (Å²) in [6.07, 6.45) is 1.57. The summed E-state index contributed by atoms with van der Waals surface area (Å²) in [6.45, 7) is 4.08. The number of ether oxygens (including phenoxy) is 1. The summed E-state index contributed by atoms with van der Waals surface area (Å²) in [5.41, 5.74) is 1.33. The van der Waals surface area contributed by atoms with Crippen LogP contribution in [0.25, 0.3) is 0 Å². The summed E-state index contributed by atoms with van der Waals surface area (Å²) in [5.74, 6) is 0.0196. The van der Waals surface area contributed by atoms with Crippen LogP contribution in [-0.4, -0.2) is 32.7 Å². The van der Waals surface area contributed by atoms with Crippen LogP contribution in [0.1, 0.15) is 18.4 Å². The lowest BCUT2D eigenvalue weighted by molar-refractivity contribution is -0.130. The van der Waals surface area contributed by atoms with Gasteiger partial charge in [0, 0.05) is 17.8 Å². The first-order valence-electron chi connectivity index (χ1n) is 6.85. The van der Waals surface area contributed by atoms with Crippen molar-refractivity contribution >= 4 is 23.2 Å². The second-order valence-corrected chi connectivity index (χ2v) is 5.81. The number of piperidine rings is 1. The predicted octanol–water partition coefficient (Wildman–Crippen LogP) is 2.60. The molecule has 0 radical (unpaired) electrons. The van der Waals surface area contributed by atoms with Crippen molar-refractivity contribution in [2.24, 2.45) is 5.41 Å². The number of hydrogen-bond acceptors (Lipinski definition) is 3. The third-order valence-electron chi connectivity index (χ3n) is 3.91. The summed E-state index contributed by atoms with van der Waals surface area (Å²) in [7, 11) is 1.64. The molecule has 1 aliphatic rings. The maximum atomic E-state index is 12.7. The van der Waals surface area contributed by atoms with Gasteiger partial charge in [-0.05, 0) is 50.6 Å². The van der Waals surface area contributed by atoms with Crippen molar-refractivity contribution < 1.29 is 9.53 Å². The number of carbonyl (C=O) groups excluding carboxylic acids is 1. The molecule has 1 aromatic carbocycles. The van der Waals surface area contributed by atoms with E-state index in [-0.39, 0.29) is 5.91 Å². The van der Waals surface area contributed by atoms with E-state index >= 15 is 0 Å². The Bertz CT molecular complexity index is 479. The molecule has 0 bridgehead atoms. The lowest BCUT2D eigenvalue weighted by Gasteiger charge is -2.35. The molecule has 1 fully saturated rings. The van der Waals surface area contributed by atoms with Gasteiger partial charge in [0.2, 0.25) is 5.91 Å². The van der Waals surface area contributed by atoms with Gasteiger partial charge in [0.05, 0.1) is 12.0 Å². The largest absolute Gasteiger partial charge is 0.384 e. The van der Waals surface area contributed by atoms with Crippen molar-refractivity contribution in [2.75, 3.05) is 32.1 Å². The van der Waals surface area contributed by atoms with E-state index in [9.17, 15) is 4.79 Å². The molecule has 0 atom stereocenters. The van der Waals surface area contributed by atoms with Crippen LogP contribution in [0.4, 0.5) is 5.69 Å². The molecule has 0 aliphatic carbocycles. The molecule has 0 unspecified atom stereocenters. The Labute approximate surface area is 124 Å². The van der Waals surface area contributed by atoms with Gasteiger partial charge < -0.3 is 15.4 Å². The number of rotatable bonds is 4. The van der Waals surface area contributed by atoms with E-state index < -0.39 is 5.41 Å². The number of anilines is 1. The maximum absolute atomic E-state index is 12.7. The summed E-state index contributed by atoms with van der Waals surface area (Å²) in [6, 6.07) is 5.52. The molecule has 2 rings (SSSR count). The van der Waals surface area contributed by atoms with Crippen LogP contribution in [0, 0.1) is 12.3 Å². The molecule has 2 N–H and O–H groups in total. The van der Waals surface area contributed by atoms with Gasteiger partial charge in [0.25, 0.3) is 0 Å². The van der Waals surface area contributed by atoms with Crippen molar-refractivity contribution in [2.45, 2.75) is 19.8 Å². The van der Waals surface area contributed by atoms with Crippen molar-refractivity contribution in [3.05, 3.63) is 28.8 Å². The van der Waals surface area contributed by atoms with Crippen LogP contribution in [0.3, 0.4) is 0 Å². The maximum Gasteiger partial charge on any atom is 0.233 e. The first kappa shape index (κ1) is 15.3. The van der Waals surface area contributed by atoms with E-state index in [1.54, 1.807) is 13.2 Å². The summed E-state index contributed by atoms with van der Waals surface area (Å²) in [5, 5.41) is 6.92. The highest BCUT2D eigenvalue weighted by molar-refractivity contribution is 6.31. The highest BCUT2D eigenvalue weighted by Gasteiger charge is 2.39. The first-order valence-corrected chi connectivity index (χ1v) is 7.22. The fourth-order valence-corrected chi connectivity index (χ4v) is 2.77. The van der Waals surface area contributed by atoms with E-state index in [1.807, 2.05) is 19.1 Å². The molecule has 5 heteroatoms. The number of methoxy groups -OCH3 is 1. The molecule has 0 spiro atoms. The standard InChI is InChI=1S/C15H21ClN2O2/c1-11-3-4-12(16)9-13(11)18-14(19)15(10-20-2)5-7-17-8-6-15/h3-4,9,17H,5-8,10H2,1-2H3,(H,18,19). The van der Waals surface area contributed by atoms with Crippen LogP contribution in [-0.2, 0) is 9.53 Å². The molecule has 20 heavy (non-hydrogen) atoms. The predicted molar refractivity (Wildman–Crippen MR) is 81.2 cm³/mol. The smallest absolute Gasteiger partial charge is 0.233 e. The molecule has 1 heterocycles. The van der Waals surface area contributed by atoms with E-state index in [2.05, 4.69) is 10.6 Å². The van der Waals surface area contributed by atoms with Crippen molar-refractivity contribution in [3.63, 3.8) is 0 Å². The highest BCUT2D eigenvalue weighted by Crippen LogP contribution is 2.31. The molecule has 1 saturated heterocycles. The number of hydrogen-bond donors (Lipinski definition) is 2. The zero-order chi connectivity index (χ0) is 14.6. The lowest BCUT2D eigenvalue weighted by Crippen LogP contribution is -2.47. The fraction of sp³-hybridized carbons (Fsp3) is 0.533. The van der Waals surface area contributed by atoms with Crippen molar-refractivity contribution in [3.8, 4) is 0 Å². The minimum atomic E-state index is -0.450. The van der Waals surface area contributed by atoms with Crippen molar-refractivity contribution in [1.29, 1.82) is 0 Å². The van der Waals surface area contributed by atoms with Gasteiger partial charge in [-0.25, -0.2) is 0 Å². The Morgan fingerprint density at radius 3 is 2.80 bits per heavy atom. The minimum Gasteiger partial charge on any atom is -0.384 e. The fourth-order valence-electron chi connectivity index (χ4n) is 2.60. The summed E-state index contributed by atoms with van der Waals surface area (Å²) < 4.78 is 5.28. The quantitative estimate of drug-likeness (QED) is 0.898. The molecule has 0 aromatic heterocycles. The molecule has 1 amide bonds. The zero-order valence-electron chi connectivity index (χ0n) is 12.0. The van der Waals surface area contributed by atoms with E-state index in [0.717, 1.165) is 37.2 Å². The van der Waals surface area contributed by atoms with E-state index in [1.165, 1.54) is 0 Å². The lowest BCUT2D eigenvalue weighted by atomic mass is 9.78. The normalized spacial score (nSPS) is 17.8. The minimum absolute atomic E-state index is 0.0196. The molecule has 1 aromatic rings. The molecule has 4 nitrogen and oxygen atoms in total. The Balaban J connectivity index is 2.18. The van der Waals surface area contributed by atoms with Gasteiger partial charge in [0.1, 0.15) is 0 Å². The van der Waals surface area contributed by atoms with Gasteiger partial charge in [-0.3, -0.25) is 4.79 Å². The topological polar surface area (TPSA) is 50.4 Å². The van der Waals surface area contributed by atoms with Crippen LogP contribution in [0.5, 0.6) is 0 Å². The Morgan fingerprint density at radius 2 is 2.15 bits per heavy atom. The Hall–Kier alpha value is -1.10. The number of halogens is 1. The molecule has 0 saturated carbocycles. The van der Waals surface area contributed by atoms with Gasteiger partial charge in [-0.15, -0.1) is 0 Å². The van der Waals surface area contributed by atoms with Crippen LogP contribution >= 0.6 is 11.6 Å². The second-order valence-electron chi connectivity index (χ2n) is 5.38. The summed E-state index contributed by atoms with van der Waals surface area (Å²) in [4.78, 5) is 12.7. The number of amides is 1. The molecular formula is C15H21ClN2O2. The average Bonchev–Trinajstić information content (AvgIpc) is 2.44. The van der Waals surface area contributed by atoms with Gasteiger partial charge in [-0.1, -0.05) is 17.7 Å². The first-order chi connectivity index (χ1) is 9.57. The van der Waals surface area contributed by atoms with Crippen LogP contribution in [0.15, 0.2) is 18.2 Å². The van der Waals surface area contributed by atoms with E-state index in [0.29, 0.717) is 11.6 Å². The molecular weight excluding hydrogens is 276 g/mol. The monoisotopic (exact) mass is 296 g/mol. The Morgan fingerprint density at radius 1 is 1.45 bits per heavy atom. The SMILES string of the molecule is COCC1(C(=O)Nc2cc(Cl)ccc2C)CCNCC1. The number of benzene rings is 1. The molecule has 110 valence electrons. The summed E-state index contributed by atoms with van der Waals surface area (Å²) >= 11 is 6.00. The van der Waals surface area contributed by atoms with E-state index in [4.69, 9.17) is 16.3 Å². The van der Waals surface area contributed by atoms with Crippen LogP contribution < -0.4 is 10.6 Å². The highest BCUT2D eigenvalue weighted by atomic mass is 35.5. The average molecular weight is 297 g/mol. The third kappa shape index (κ3) is 3.32. The second kappa shape index (κ2) is 6.57. The number of nitrogens with one attached hydrogen (secondary N) is 2. The molecule has 1 aliphatic heterocycles. The Kier molecular flexibility index (Phi) is 5.02. The van der Waals surface area contributed by atoms with Gasteiger partial charge >= 0.3 is 0 Å². The number of aryl methyl sites for hydroxylation is 1. The van der Waals surface area contributed by atoms with Gasteiger partial charge in [0.15, 0.2) is 0 Å².